The third-order valence-electron chi connectivity index (χ3n) is 7.65. The normalized spacial score (nSPS) is 20.1. The first kappa shape index (κ1) is 23.5. The summed E-state index contributed by atoms with van der Waals surface area (Å²) in [7, 11) is 3.83. The second-order valence-electron chi connectivity index (χ2n) is 10.1. The van der Waals surface area contributed by atoms with Crippen LogP contribution in [-0.2, 0) is 19.7 Å². The smallest absolute Gasteiger partial charge is 0.247 e. The van der Waals surface area contributed by atoms with Crippen LogP contribution in [0, 0.1) is 5.92 Å². The van der Waals surface area contributed by atoms with Gasteiger partial charge in [0.15, 0.2) is 5.82 Å². The van der Waals surface area contributed by atoms with Gasteiger partial charge in [0, 0.05) is 38.7 Å². The standard InChI is InChI=1S/C26H34N6O3/c1-32(2)22-11-10-21(30-31-22)29-23(17-6-4-3-5-7-17)24(33)27-18-8-9-19-20(16-18)28-25(34)26(19)12-14-35-15-13-26/h8-11,16-17,23H,3-7,12-15H2,1-2H3,(H,27,33)(H,28,34)(H,29,30). The van der Waals surface area contributed by atoms with Crippen LogP contribution in [0.5, 0.6) is 0 Å². The molecule has 1 aromatic carbocycles. The zero-order chi connectivity index (χ0) is 24.4. The summed E-state index contributed by atoms with van der Waals surface area (Å²) < 4.78 is 5.49. The molecule has 3 heterocycles. The largest absolute Gasteiger partial charge is 0.381 e. The van der Waals surface area contributed by atoms with Crippen LogP contribution in [0.1, 0.15) is 50.5 Å². The maximum absolute atomic E-state index is 13.5. The Bertz CT molecular complexity index is 1070. The number of carbonyl (C=O) groups is 2. The van der Waals surface area contributed by atoms with Crippen molar-refractivity contribution < 1.29 is 14.3 Å². The fourth-order valence-electron chi connectivity index (χ4n) is 5.61. The number of nitrogens with one attached hydrogen (secondary N) is 3. The maximum atomic E-state index is 13.5. The average Bonchev–Trinajstić information content (AvgIpc) is 3.13. The fourth-order valence-corrected chi connectivity index (χ4v) is 5.61. The Hall–Kier alpha value is -3.20. The van der Waals surface area contributed by atoms with Gasteiger partial charge in [0.25, 0.3) is 0 Å². The Labute approximate surface area is 206 Å². The SMILES string of the molecule is CN(C)c1ccc(NC(C(=O)Nc2ccc3c(c2)NC(=O)C32CCOCC2)C2CCCCC2)nn1. The van der Waals surface area contributed by atoms with Gasteiger partial charge in [-0.25, -0.2) is 0 Å². The lowest BCUT2D eigenvalue weighted by molar-refractivity contribution is -0.124. The number of hydrogen-bond donors (Lipinski definition) is 3. The summed E-state index contributed by atoms with van der Waals surface area (Å²) in [5.74, 6) is 1.50. The van der Waals surface area contributed by atoms with Crippen molar-refractivity contribution in [2.45, 2.75) is 56.4 Å². The van der Waals surface area contributed by atoms with Crippen LogP contribution in [0.15, 0.2) is 30.3 Å². The minimum Gasteiger partial charge on any atom is -0.381 e. The van der Waals surface area contributed by atoms with Crippen molar-refractivity contribution in [1.29, 1.82) is 0 Å². The number of ether oxygens (including phenoxy) is 1. The van der Waals surface area contributed by atoms with Crippen molar-refractivity contribution in [3.05, 3.63) is 35.9 Å². The van der Waals surface area contributed by atoms with Gasteiger partial charge in [0.2, 0.25) is 11.8 Å². The number of aromatic nitrogens is 2. The topological polar surface area (TPSA) is 108 Å². The van der Waals surface area contributed by atoms with Crippen molar-refractivity contribution in [3.63, 3.8) is 0 Å². The highest BCUT2D eigenvalue weighted by Gasteiger charge is 2.47. The van der Waals surface area contributed by atoms with E-state index in [4.69, 9.17) is 4.74 Å². The van der Waals surface area contributed by atoms with Gasteiger partial charge in [0.1, 0.15) is 11.9 Å². The van der Waals surface area contributed by atoms with E-state index >= 15 is 0 Å². The number of hydrogen-bond acceptors (Lipinski definition) is 7. The highest BCUT2D eigenvalue weighted by atomic mass is 16.5. The monoisotopic (exact) mass is 478 g/mol. The molecule has 1 saturated carbocycles. The van der Waals surface area contributed by atoms with Gasteiger partial charge < -0.3 is 25.6 Å². The van der Waals surface area contributed by atoms with Crippen LogP contribution in [0.25, 0.3) is 0 Å². The minimum atomic E-state index is -0.514. The molecule has 2 fully saturated rings. The van der Waals surface area contributed by atoms with Crippen molar-refractivity contribution in [2.75, 3.05) is 48.2 Å². The molecular formula is C26H34N6O3. The molecule has 3 N–H and O–H groups in total. The Kier molecular flexibility index (Phi) is 6.60. The summed E-state index contributed by atoms with van der Waals surface area (Å²) in [4.78, 5) is 28.3. The quantitative estimate of drug-likeness (QED) is 0.583. The van der Waals surface area contributed by atoms with Gasteiger partial charge >= 0.3 is 0 Å². The van der Waals surface area contributed by atoms with E-state index in [1.54, 1.807) is 0 Å². The number of carbonyl (C=O) groups excluding carboxylic acids is 2. The molecule has 9 heteroatoms. The molecule has 1 spiro atoms. The Morgan fingerprint density at radius 1 is 1.11 bits per heavy atom. The third kappa shape index (κ3) is 4.69. The van der Waals surface area contributed by atoms with Crippen LogP contribution in [0.2, 0.25) is 0 Å². The molecule has 2 amide bonds. The van der Waals surface area contributed by atoms with Crippen molar-refractivity contribution >= 4 is 34.8 Å². The zero-order valence-corrected chi connectivity index (χ0v) is 20.5. The Morgan fingerprint density at radius 3 is 2.57 bits per heavy atom. The lowest BCUT2D eigenvalue weighted by Gasteiger charge is -2.31. The molecule has 1 saturated heterocycles. The number of fused-ring (bicyclic) bond motifs is 2. The van der Waals surface area contributed by atoms with E-state index in [0.29, 0.717) is 37.6 Å². The van der Waals surface area contributed by atoms with E-state index in [0.717, 1.165) is 42.8 Å². The molecule has 2 aliphatic heterocycles. The van der Waals surface area contributed by atoms with Gasteiger partial charge in [-0.15, -0.1) is 10.2 Å². The highest BCUT2D eigenvalue weighted by molar-refractivity contribution is 6.07. The number of rotatable bonds is 6. The first-order valence-corrected chi connectivity index (χ1v) is 12.6. The van der Waals surface area contributed by atoms with Crippen LogP contribution in [-0.4, -0.2) is 55.4 Å². The molecule has 5 rings (SSSR count). The van der Waals surface area contributed by atoms with E-state index in [1.807, 2.05) is 49.3 Å². The molecular weight excluding hydrogens is 444 g/mol. The summed E-state index contributed by atoms with van der Waals surface area (Å²) >= 11 is 0. The first-order valence-electron chi connectivity index (χ1n) is 12.6. The van der Waals surface area contributed by atoms with Crippen LogP contribution in [0.4, 0.5) is 23.0 Å². The number of amides is 2. The van der Waals surface area contributed by atoms with E-state index < -0.39 is 11.5 Å². The molecule has 9 nitrogen and oxygen atoms in total. The van der Waals surface area contributed by atoms with Crippen LogP contribution >= 0.6 is 0 Å². The molecule has 3 aliphatic rings. The molecule has 1 aliphatic carbocycles. The summed E-state index contributed by atoms with van der Waals surface area (Å²) in [6.07, 6.45) is 6.81. The fraction of sp³-hybridized carbons (Fsp3) is 0.538. The summed E-state index contributed by atoms with van der Waals surface area (Å²) in [6.45, 7) is 1.16. The van der Waals surface area contributed by atoms with Gasteiger partial charge in [-0.05, 0) is 61.4 Å². The van der Waals surface area contributed by atoms with E-state index in [2.05, 4.69) is 26.1 Å². The van der Waals surface area contributed by atoms with E-state index in [1.165, 1.54) is 6.42 Å². The minimum absolute atomic E-state index is 0.0285. The Balaban J connectivity index is 1.34. The van der Waals surface area contributed by atoms with Gasteiger partial charge in [-0.1, -0.05) is 25.3 Å². The maximum Gasteiger partial charge on any atom is 0.247 e. The van der Waals surface area contributed by atoms with E-state index in [-0.39, 0.29) is 17.7 Å². The first-order chi connectivity index (χ1) is 17.0. The molecule has 1 unspecified atom stereocenters. The number of benzene rings is 1. The predicted molar refractivity (Wildman–Crippen MR) is 136 cm³/mol. The van der Waals surface area contributed by atoms with Crippen molar-refractivity contribution in [1.82, 2.24) is 10.2 Å². The summed E-state index contributed by atoms with van der Waals surface area (Å²) in [5, 5.41) is 18.0. The van der Waals surface area contributed by atoms with Crippen molar-refractivity contribution in [3.8, 4) is 0 Å². The number of nitrogens with zero attached hydrogens (tertiary/aromatic N) is 3. The molecule has 2 aromatic rings. The van der Waals surface area contributed by atoms with Crippen LogP contribution < -0.4 is 20.9 Å². The zero-order valence-electron chi connectivity index (χ0n) is 20.5. The van der Waals surface area contributed by atoms with Gasteiger partial charge in [-0.2, -0.15) is 0 Å². The van der Waals surface area contributed by atoms with Crippen molar-refractivity contribution in [2.24, 2.45) is 5.92 Å². The third-order valence-corrected chi connectivity index (χ3v) is 7.65. The molecule has 1 aromatic heterocycles. The lowest BCUT2D eigenvalue weighted by Crippen LogP contribution is -2.42. The highest BCUT2D eigenvalue weighted by Crippen LogP contribution is 2.45. The van der Waals surface area contributed by atoms with Gasteiger partial charge in [-0.3, -0.25) is 9.59 Å². The number of anilines is 4. The van der Waals surface area contributed by atoms with Gasteiger partial charge in [0.05, 0.1) is 5.41 Å². The van der Waals surface area contributed by atoms with E-state index in [9.17, 15) is 9.59 Å². The second kappa shape index (κ2) is 9.81. The molecule has 1 atom stereocenters. The molecule has 0 bridgehead atoms. The lowest BCUT2D eigenvalue weighted by atomic mass is 9.75. The summed E-state index contributed by atoms with van der Waals surface area (Å²) in [6, 6.07) is 9.09. The van der Waals surface area contributed by atoms with Crippen LogP contribution in [0.3, 0.4) is 0 Å². The average molecular weight is 479 g/mol. The molecule has 35 heavy (non-hydrogen) atoms. The molecule has 186 valence electrons. The summed E-state index contributed by atoms with van der Waals surface area (Å²) in [5.41, 5.74) is 1.94. The Morgan fingerprint density at radius 2 is 1.89 bits per heavy atom. The molecule has 0 radical (unpaired) electrons. The predicted octanol–water partition coefficient (Wildman–Crippen LogP) is 3.54. The second-order valence-corrected chi connectivity index (χ2v) is 10.1.